The van der Waals surface area contributed by atoms with Crippen molar-refractivity contribution in [3.05, 3.63) is 28.8 Å². The molecule has 1 atom stereocenters. The summed E-state index contributed by atoms with van der Waals surface area (Å²) >= 11 is 6.12. The van der Waals surface area contributed by atoms with Crippen LogP contribution in [0.25, 0.3) is 0 Å². The second kappa shape index (κ2) is 9.78. The van der Waals surface area contributed by atoms with E-state index in [1.165, 1.54) is 5.56 Å². The maximum atomic E-state index is 12.2. The van der Waals surface area contributed by atoms with Crippen LogP contribution in [0.3, 0.4) is 0 Å². The second-order valence-corrected chi connectivity index (χ2v) is 7.21. The van der Waals surface area contributed by atoms with Crippen LogP contribution in [-0.4, -0.2) is 62.0 Å². The summed E-state index contributed by atoms with van der Waals surface area (Å²) in [6.07, 6.45) is 0.878. The lowest BCUT2D eigenvalue weighted by Gasteiger charge is -2.36. The van der Waals surface area contributed by atoms with Gasteiger partial charge in [0.25, 0.3) is 0 Å². The zero-order valence-corrected chi connectivity index (χ0v) is 16.6. The average molecular weight is 381 g/mol. The highest BCUT2D eigenvalue weighted by atomic mass is 35.5. The largest absolute Gasteiger partial charge is 0.369 e. The number of carbonyl (C=O) groups is 2. The molecule has 0 spiro atoms. The van der Waals surface area contributed by atoms with Crippen molar-refractivity contribution in [1.29, 1.82) is 0 Å². The van der Waals surface area contributed by atoms with Crippen molar-refractivity contribution >= 4 is 29.1 Å². The van der Waals surface area contributed by atoms with Crippen LogP contribution in [0.2, 0.25) is 5.02 Å². The Labute approximate surface area is 160 Å². The number of piperazine rings is 1. The molecular formula is C19H29ClN4O2. The van der Waals surface area contributed by atoms with Crippen molar-refractivity contribution < 1.29 is 9.59 Å². The molecule has 6 nitrogen and oxygen atoms in total. The molecule has 0 saturated carbocycles. The van der Waals surface area contributed by atoms with Crippen LogP contribution in [0.5, 0.6) is 0 Å². The van der Waals surface area contributed by atoms with Gasteiger partial charge in [-0.1, -0.05) is 24.6 Å². The van der Waals surface area contributed by atoms with E-state index < -0.39 is 6.04 Å². The maximum absolute atomic E-state index is 12.2. The number of hydrogen-bond donors (Lipinski definition) is 2. The monoisotopic (exact) mass is 380 g/mol. The summed E-state index contributed by atoms with van der Waals surface area (Å²) in [6.45, 7) is 10.0. The fourth-order valence-corrected chi connectivity index (χ4v) is 3.19. The van der Waals surface area contributed by atoms with Crippen LogP contribution < -0.4 is 15.5 Å². The normalized spacial score (nSPS) is 16.2. The summed E-state index contributed by atoms with van der Waals surface area (Å²) < 4.78 is 0. The topological polar surface area (TPSA) is 64.7 Å². The molecule has 1 aliphatic heterocycles. The van der Waals surface area contributed by atoms with Crippen molar-refractivity contribution in [2.24, 2.45) is 0 Å². The van der Waals surface area contributed by atoms with Gasteiger partial charge in [0.15, 0.2) is 0 Å². The van der Waals surface area contributed by atoms with Crippen LogP contribution in [0.15, 0.2) is 18.2 Å². The second-order valence-electron chi connectivity index (χ2n) is 6.77. The van der Waals surface area contributed by atoms with Crippen LogP contribution in [-0.2, 0) is 9.59 Å². The highest BCUT2D eigenvalue weighted by Gasteiger charge is 2.22. The zero-order valence-electron chi connectivity index (χ0n) is 15.8. The van der Waals surface area contributed by atoms with Gasteiger partial charge in [-0.2, -0.15) is 0 Å². The fourth-order valence-electron chi connectivity index (χ4n) is 3.03. The molecule has 0 unspecified atom stereocenters. The molecule has 0 radical (unpaired) electrons. The predicted molar refractivity (Wildman–Crippen MR) is 106 cm³/mol. The van der Waals surface area contributed by atoms with E-state index in [2.05, 4.69) is 27.4 Å². The Morgan fingerprint density at radius 1 is 1.23 bits per heavy atom. The molecule has 0 bridgehead atoms. The van der Waals surface area contributed by atoms with E-state index in [0.29, 0.717) is 13.1 Å². The van der Waals surface area contributed by atoms with E-state index in [0.717, 1.165) is 43.3 Å². The van der Waals surface area contributed by atoms with E-state index in [-0.39, 0.29) is 11.8 Å². The molecule has 1 aliphatic rings. The SMILES string of the molecule is CCCNC(=O)[C@@H](C)NC(=O)CN1CCN(c2cc(Cl)ccc2C)CC1. The first-order valence-electron chi connectivity index (χ1n) is 9.21. The smallest absolute Gasteiger partial charge is 0.242 e. The number of hydrogen-bond acceptors (Lipinski definition) is 4. The van der Waals surface area contributed by atoms with E-state index in [1.54, 1.807) is 6.92 Å². The zero-order chi connectivity index (χ0) is 19.1. The van der Waals surface area contributed by atoms with Gasteiger partial charge in [0.1, 0.15) is 6.04 Å². The van der Waals surface area contributed by atoms with E-state index >= 15 is 0 Å². The number of amides is 2. The summed E-state index contributed by atoms with van der Waals surface area (Å²) in [6, 6.07) is 5.42. The minimum Gasteiger partial charge on any atom is -0.369 e. The minimum absolute atomic E-state index is 0.114. The van der Waals surface area contributed by atoms with Gasteiger partial charge < -0.3 is 15.5 Å². The molecule has 1 aromatic rings. The number of halogens is 1. The van der Waals surface area contributed by atoms with Crippen molar-refractivity contribution in [1.82, 2.24) is 15.5 Å². The predicted octanol–water partition coefficient (Wildman–Crippen LogP) is 1.80. The van der Waals surface area contributed by atoms with E-state index in [9.17, 15) is 9.59 Å². The Bertz CT molecular complexity index is 630. The van der Waals surface area contributed by atoms with E-state index in [4.69, 9.17) is 11.6 Å². The van der Waals surface area contributed by atoms with Crippen molar-refractivity contribution in [2.75, 3.05) is 44.2 Å². The van der Waals surface area contributed by atoms with Gasteiger partial charge in [0, 0.05) is 43.4 Å². The molecular weight excluding hydrogens is 352 g/mol. The average Bonchev–Trinajstić information content (AvgIpc) is 2.62. The minimum atomic E-state index is -0.510. The molecule has 0 aliphatic carbocycles. The van der Waals surface area contributed by atoms with Gasteiger partial charge in [0.2, 0.25) is 11.8 Å². The number of nitrogens with zero attached hydrogens (tertiary/aromatic N) is 2. The van der Waals surface area contributed by atoms with Gasteiger partial charge in [-0.15, -0.1) is 0 Å². The molecule has 0 aromatic heterocycles. The number of anilines is 1. The molecule has 2 amide bonds. The van der Waals surface area contributed by atoms with Gasteiger partial charge >= 0.3 is 0 Å². The first-order chi connectivity index (χ1) is 12.4. The first kappa shape index (κ1) is 20.5. The molecule has 1 aromatic carbocycles. The lowest BCUT2D eigenvalue weighted by atomic mass is 10.1. The molecule has 144 valence electrons. The van der Waals surface area contributed by atoms with Crippen molar-refractivity contribution in [3.63, 3.8) is 0 Å². The van der Waals surface area contributed by atoms with Gasteiger partial charge in [-0.25, -0.2) is 0 Å². The standard InChI is InChI=1S/C19H29ClN4O2/c1-4-7-21-19(26)15(3)22-18(25)13-23-8-10-24(11-9-23)17-12-16(20)6-5-14(17)2/h5-6,12,15H,4,7-11,13H2,1-3H3,(H,21,26)(H,22,25)/t15-/m1/s1. The van der Waals surface area contributed by atoms with Crippen molar-refractivity contribution in [3.8, 4) is 0 Å². The summed E-state index contributed by atoms with van der Waals surface area (Å²) in [5.74, 6) is -0.252. The Morgan fingerprint density at radius 2 is 1.92 bits per heavy atom. The quantitative estimate of drug-likeness (QED) is 0.757. The molecule has 7 heteroatoms. The molecule has 2 N–H and O–H groups in total. The van der Waals surface area contributed by atoms with Crippen LogP contribution >= 0.6 is 11.6 Å². The fraction of sp³-hybridized carbons (Fsp3) is 0.579. The Morgan fingerprint density at radius 3 is 2.58 bits per heavy atom. The Kier molecular flexibility index (Phi) is 7.72. The third-order valence-corrected chi connectivity index (χ3v) is 4.81. The lowest BCUT2D eigenvalue weighted by molar-refractivity contribution is -0.129. The summed E-state index contributed by atoms with van der Waals surface area (Å²) in [5, 5.41) is 6.30. The van der Waals surface area contributed by atoms with Crippen molar-refractivity contribution in [2.45, 2.75) is 33.2 Å². The molecule has 1 fully saturated rings. The van der Waals surface area contributed by atoms with Crippen LogP contribution in [0, 0.1) is 6.92 Å². The number of benzene rings is 1. The number of aryl methyl sites for hydroxylation is 1. The summed E-state index contributed by atoms with van der Waals surface area (Å²) in [5.41, 5.74) is 2.36. The van der Waals surface area contributed by atoms with Gasteiger partial charge in [-0.05, 0) is 38.0 Å². The van der Waals surface area contributed by atoms with Crippen LogP contribution in [0.1, 0.15) is 25.8 Å². The number of rotatable bonds is 7. The number of nitrogens with one attached hydrogen (secondary N) is 2. The molecule has 1 heterocycles. The summed E-state index contributed by atoms with van der Waals surface area (Å²) in [4.78, 5) is 28.4. The third kappa shape index (κ3) is 5.88. The molecule has 1 saturated heterocycles. The molecule has 2 rings (SSSR count). The summed E-state index contributed by atoms with van der Waals surface area (Å²) in [7, 11) is 0. The molecule has 26 heavy (non-hydrogen) atoms. The number of carbonyl (C=O) groups excluding carboxylic acids is 2. The Balaban J connectivity index is 1.78. The van der Waals surface area contributed by atoms with Gasteiger partial charge in [-0.3, -0.25) is 14.5 Å². The lowest BCUT2D eigenvalue weighted by Crippen LogP contribution is -2.52. The highest BCUT2D eigenvalue weighted by Crippen LogP contribution is 2.25. The van der Waals surface area contributed by atoms with Crippen LogP contribution in [0.4, 0.5) is 5.69 Å². The Hall–Kier alpha value is -1.79. The first-order valence-corrected chi connectivity index (χ1v) is 9.59. The van der Waals surface area contributed by atoms with E-state index in [1.807, 2.05) is 25.1 Å². The maximum Gasteiger partial charge on any atom is 0.242 e. The van der Waals surface area contributed by atoms with Gasteiger partial charge in [0.05, 0.1) is 6.54 Å². The third-order valence-electron chi connectivity index (χ3n) is 4.57. The highest BCUT2D eigenvalue weighted by molar-refractivity contribution is 6.30.